The molecular weight excluding hydrogens is 763 g/mol. The van der Waals surface area contributed by atoms with E-state index in [0.717, 1.165) is 38.8 Å². The van der Waals surface area contributed by atoms with Gasteiger partial charge in [-0.3, -0.25) is 0 Å². The van der Waals surface area contributed by atoms with E-state index in [0.29, 0.717) is 0 Å². The number of rotatable bonds is 3. The fraction of sp³-hybridized carbons (Fsp3) is 0.288. The lowest BCUT2D eigenvalue weighted by Crippen LogP contribution is -2.61. The van der Waals surface area contributed by atoms with Crippen molar-refractivity contribution in [1.29, 1.82) is 0 Å². The first-order valence-electron chi connectivity index (χ1n) is 22.9. The largest absolute Gasteiger partial charge is 0.455 e. The molecule has 3 nitrogen and oxygen atoms in total. The van der Waals surface area contributed by atoms with Crippen molar-refractivity contribution in [3.63, 3.8) is 0 Å². The van der Waals surface area contributed by atoms with Crippen LogP contribution in [-0.4, -0.2) is 6.71 Å². The van der Waals surface area contributed by atoms with Gasteiger partial charge in [-0.05, 0) is 110 Å². The van der Waals surface area contributed by atoms with Crippen LogP contribution in [0.5, 0.6) is 0 Å². The molecule has 63 heavy (non-hydrogen) atoms. The number of benzene rings is 7. The third kappa shape index (κ3) is 6.63. The molecule has 0 unspecified atom stereocenters. The maximum Gasteiger partial charge on any atom is 0.252 e. The Bertz CT molecular complexity index is 3120. The molecule has 8 aromatic rings. The van der Waals surface area contributed by atoms with Gasteiger partial charge in [-0.25, -0.2) is 0 Å². The van der Waals surface area contributed by atoms with E-state index in [9.17, 15) is 0 Å². The average Bonchev–Trinajstić information content (AvgIpc) is 3.61. The summed E-state index contributed by atoms with van der Waals surface area (Å²) in [7, 11) is 0. The highest BCUT2D eigenvalue weighted by Gasteiger charge is 2.45. The number of fused-ring (bicyclic) bond motifs is 7. The zero-order valence-corrected chi connectivity index (χ0v) is 39.6. The molecule has 3 heterocycles. The van der Waals surface area contributed by atoms with E-state index in [1.54, 1.807) is 0 Å². The zero-order chi connectivity index (χ0) is 44.5. The maximum absolute atomic E-state index is 7.06. The van der Waals surface area contributed by atoms with Gasteiger partial charge in [0.1, 0.15) is 11.2 Å². The van der Waals surface area contributed by atoms with Crippen molar-refractivity contribution in [3.05, 3.63) is 161 Å². The normalized spacial score (nSPS) is 14.0. The third-order valence-corrected chi connectivity index (χ3v) is 13.7. The fourth-order valence-corrected chi connectivity index (χ4v) is 10.2. The van der Waals surface area contributed by atoms with Gasteiger partial charge in [0.15, 0.2) is 0 Å². The average molecular weight is 825 g/mol. The van der Waals surface area contributed by atoms with E-state index in [4.69, 9.17) is 4.42 Å². The monoisotopic (exact) mass is 824 g/mol. The van der Waals surface area contributed by atoms with Gasteiger partial charge in [-0.15, -0.1) is 0 Å². The Balaban J connectivity index is 1.28. The fourth-order valence-electron chi connectivity index (χ4n) is 10.2. The summed E-state index contributed by atoms with van der Waals surface area (Å²) in [6.45, 7) is 30.0. The van der Waals surface area contributed by atoms with Crippen LogP contribution in [0.3, 0.4) is 0 Å². The minimum absolute atomic E-state index is 0.0216. The number of para-hydroxylation sites is 3. The van der Waals surface area contributed by atoms with Crippen LogP contribution >= 0.6 is 0 Å². The van der Waals surface area contributed by atoms with Crippen LogP contribution in [0.15, 0.2) is 138 Å². The molecular formula is C59H61BN2O. The molecule has 4 heteroatoms. The summed E-state index contributed by atoms with van der Waals surface area (Å²) in [5.41, 5.74) is 21.7. The number of aryl methyl sites for hydroxylation is 1. The minimum Gasteiger partial charge on any atom is -0.455 e. The molecule has 2 aliphatic heterocycles. The molecule has 0 amide bonds. The van der Waals surface area contributed by atoms with E-state index in [1.807, 2.05) is 0 Å². The van der Waals surface area contributed by atoms with Crippen molar-refractivity contribution >= 4 is 79.2 Å². The standard InChI is InChI=1S/C59H61BN2O/c1-36-32-51-53-52(33-36)62(48-23-15-14-18-41(48)42-19-16-20-43-44-21-17-22-45(59(11,12)13)55(44)63-54(42)43)50-31-27-39(58(8,9)10)35-47(50)60(53)46-34-38(57(5,6)7)26-30-49(46)61(51)40-28-24-37(25-29-40)56(2,3)4/h14-35H,1-13H3. The molecule has 316 valence electrons. The van der Waals surface area contributed by atoms with Crippen molar-refractivity contribution in [2.75, 3.05) is 9.80 Å². The van der Waals surface area contributed by atoms with Gasteiger partial charge in [0, 0.05) is 55.9 Å². The summed E-state index contributed by atoms with van der Waals surface area (Å²) in [6, 6.07) is 51.0. The van der Waals surface area contributed by atoms with E-state index >= 15 is 0 Å². The highest BCUT2D eigenvalue weighted by molar-refractivity contribution is 7.00. The Labute approximate surface area is 375 Å². The van der Waals surface area contributed by atoms with E-state index in [1.165, 1.54) is 72.6 Å². The van der Waals surface area contributed by atoms with Gasteiger partial charge in [0.05, 0.1) is 5.69 Å². The number of nitrogens with zero attached hydrogens (tertiary/aromatic N) is 2. The summed E-state index contributed by atoms with van der Waals surface area (Å²) in [5.74, 6) is 0. The Morgan fingerprint density at radius 1 is 0.413 bits per heavy atom. The smallest absolute Gasteiger partial charge is 0.252 e. The van der Waals surface area contributed by atoms with Crippen molar-refractivity contribution in [1.82, 2.24) is 0 Å². The topological polar surface area (TPSA) is 19.6 Å². The second-order valence-corrected chi connectivity index (χ2v) is 22.4. The highest BCUT2D eigenvalue weighted by atomic mass is 16.3. The third-order valence-electron chi connectivity index (χ3n) is 13.7. The van der Waals surface area contributed by atoms with Crippen molar-refractivity contribution in [2.45, 2.75) is 112 Å². The second kappa shape index (κ2) is 14.0. The van der Waals surface area contributed by atoms with Gasteiger partial charge in [0.2, 0.25) is 0 Å². The predicted molar refractivity (Wildman–Crippen MR) is 273 cm³/mol. The summed E-state index contributed by atoms with van der Waals surface area (Å²) in [6.07, 6.45) is 0. The number of hydrogen-bond donors (Lipinski definition) is 0. The highest BCUT2D eigenvalue weighted by Crippen LogP contribution is 2.49. The van der Waals surface area contributed by atoms with E-state index in [2.05, 4.69) is 233 Å². The Morgan fingerprint density at radius 2 is 0.921 bits per heavy atom. The first kappa shape index (κ1) is 41.0. The number of hydrogen-bond acceptors (Lipinski definition) is 3. The lowest BCUT2D eigenvalue weighted by molar-refractivity contribution is 0.573. The van der Waals surface area contributed by atoms with Crippen LogP contribution in [0.2, 0.25) is 0 Å². The number of furan rings is 1. The van der Waals surface area contributed by atoms with Gasteiger partial charge < -0.3 is 14.2 Å². The van der Waals surface area contributed by atoms with Crippen molar-refractivity contribution in [3.8, 4) is 11.1 Å². The lowest BCUT2D eigenvalue weighted by Gasteiger charge is -2.45. The van der Waals surface area contributed by atoms with E-state index in [-0.39, 0.29) is 28.4 Å². The van der Waals surface area contributed by atoms with Crippen molar-refractivity contribution < 1.29 is 4.42 Å². The molecule has 0 spiro atoms. The molecule has 0 N–H and O–H groups in total. The molecule has 1 aromatic heterocycles. The van der Waals surface area contributed by atoms with Crippen molar-refractivity contribution in [2.24, 2.45) is 0 Å². The van der Waals surface area contributed by atoms with E-state index < -0.39 is 0 Å². The van der Waals surface area contributed by atoms with Crippen LogP contribution in [0, 0.1) is 6.92 Å². The Hall–Kier alpha value is -6.00. The van der Waals surface area contributed by atoms with Crippen LogP contribution < -0.4 is 26.2 Å². The lowest BCUT2D eigenvalue weighted by atomic mass is 9.33. The summed E-state index contributed by atoms with van der Waals surface area (Å²) in [4.78, 5) is 5.11. The van der Waals surface area contributed by atoms with Gasteiger partial charge in [0.25, 0.3) is 6.71 Å². The molecule has 0 saturated carbocycles. The van der Waals surface area contributed by atoms with Gasteiger partial charge in [-0.2, -0.15) is 0 Å². The summed E-state index contributed by atoms with van der Waals surface area (Å²) < 4.78 is 7.06. The summed E-state index contributed by atoms with van der Waals surface area (Å²) >= 11 is 0. The first-order chi connectivity index (χ1) is 29.7. The quantitative estimate of drug-likeness (QED) is 0.166. The van der Waals surface area contributed by atoms with Crippen LogP contribution in [-0.2, 0) is 21.7 Å². The van der Waals surface area contributed by atoms with Gasteiger partial charge >= 0.3 is 0 Å². The summed E-state index contributed by atoms with van der Waals surface area (Å²) in [5, 5.41) is 2.30. The Morgan fingerprint density at radius 3 is 1.51 bits per heavy atom. The maximum atomic E-state index is 7.06. The number of anilines is 6. The van der Waals surface area contributed by atoms with Crippen LogP contribution in [0.1, 0.15) is 111 Å². The zero-order valence-electron chi connectivity index (χ0n) is 39.6. The first-order valence-corrected chi connectivity index (χ1v) is 22.9. The molecule has 2 aliphatic rings. The molecule has 0 radical (unpaired) electrons. The molecule has 7 aromatic carbocycles. The minimum atomic E-state index is -0.0650. The van der Waals surface area contributed by atoms with Gasteiger partial charge in [-0.1, -0.05) is 174 Å². The molecule has 0 saturated heterocycles. The molecule has 10 rings (SSSR count). The molecule has 0 bridgehead atoms. The predicted octanol–water partition coefficient (Wildman–Crippen LogP) is 14.8. The molecule has 0 atom stereocenters. The van der Waals surface area contributed by atoms with Crippen LogP contribution in [0.4, 0.5) is 34.1 Å². The van der Waals surface area contributed by atoms with Crippen LogP contribution in [0.25, 0.3) is 33.1 Å². The molecule has 0 fully saturated rings. The molecule has 0 aliphatic carbocycles. The Kier molecular flexibility index (Phi) is 9.12. The second-order valence-electron chi connectivity index (χ2n) is 22.4. The SMILES string of the molecule is Cc1cc2c3c(c1)N(c1ccccc1-c1cccc4c1oc1c(C(C)(C)C)cccc14)c1ccc(C(C)(C)C)cc1B3c1cc(C(C)(C)C)ccc1N2c1ccc(C(C)(C)C)cc1.